The Kier molecular flexibility index (Phi) is 6.98. The fraction of sp³-hybridized carbons (Fsp3) is 0.231. The molecule has 7 nitrogen and oxygen atoms in total. The van der Waals surface area contributed by atoms with E-state index in [0.29, 0.717) is 18.7 Å². The minimum absolute atomic E-state index is 0.0982. The van der Waals surface area contributed by atoms with Gasteiger partial charge in [-0.3, -0.25) is 13.9 Å². The van der Waals surface area contributed by atoms with Crippen LogP contribution >= 0.6 is 0 Å². The van der Waals surface area contributed by atoms with E-state index < -0.39 is 15.9 Å². The van der Waals surface area contributed by atoms with Gasteiger partial charge in [0.25, 0.3) is 10.0 Å². The number of amides is 2. The maximum atomic E-state index is 13.4. The van der Waals surface area contributed by atoms with Gasteiger partial charge in [-0.25, -0.2) is 8.42 Å². The minimum atomic E-state index is -3.94. The van der Waals surface area contributed by atoms with Gasteiger partial charge in [0.05, 0.1) is 10.6 Å². The highest BCUT2D eigenvalue weighted by atomic mass is 32.2. The molecule has 3 aromatic carbocycles. The van der Waals surface area contributed by atoms with Gasteiger partial charge in [0, 0.05) is 25.2 Å². The number of nitrogens with one attached hydrogen (secondary N) is 1. The first-order chi connectivity index (χ1) is 16.3. The molecule has 0 unspecified atom stereocenters. The third-order valence-electron chi connectivity index (χ3n) is 5.69. The summed E-state index contributed by atoms with van der Waals surface area (Å²) >= 11 is 0. The predicted molar refractivity (Wildman–Crippen MR) is 132 cm³/mol. The van der Waals surface area contributed by atoms with E-state index in [9.17, 15) is 18.0 Å². The Morgan fingerprint density at radius 3 is 2.47 bits per heavy atom. The summed E-state index contributed by atoms with van der Waals surface area (Å²) in [7, 11) is -3.94. The summed E-state index contributed by atoms with van der Waals surface area (Å²) in [5.41, 5.74) is 2.95. The third kappa shape index (κ3) is 5.28. The molecule has 1 saturated heterocycles. The Morgan fingerprint density at radius 2 is 1.76 bits per heavy atom. The molecule has 0 aromatic heterocycles. The molecule has 34 heavy (non-hydrogen) atoms. The second-order valence-electron chi connectivity index (χ2n) is 8.26. The van der Waals surface area contributed by atoms with Crippen molar-refractivity contribution >= 4 is 33.2 Å². The van der Waals surface area contributed by atoms with Crippen molar-refractivity contribution in [1.82, 2.24) is 5.32 Å². The number of carbonyl (C=O) groups excluding carboxylic acids is 2. The number of nitrogens with zero attached hydrogens (tertiary/aromatic N) is 2. The van der Waals surface area contributed by atoms with Crippen molar-refractivity contribution < 1.29 is 18.0 Å². The molecular formula is C26H27N3O4S. The van der Waals surface area contributed by atoms with Crippen LogP contribution in [0.2, 0.25) is 0 Å². The van der Waals surface area contributed by atoms with E-state index in [4.69, 9.17) is 0 Å². The van der Waals surface area contributed by atoms with Gasteiger partial charge in [-0.1, -0.05) is 42.5 Å². The van der Waals surface area contributed by atoms with E-state index in [2.05, 4.69) is 5.32 Å². The smallest absolute Gasteiger partial charge is 0.264 e. The molecule has 176 valence electrons. The summed E-state index contributed by atoms with van der Waals surface area (Å²) in [5.74, 6) is -0.329. The highest BCUT2D eigenvalue weighted by Gasteiger charge is 2.27. The molecule has 0 saturated carbocycles. The fourth-order valence-corrected chi connectivity index (χ4v) is 5.39. The predicted octanol–water partition coefficient (Wildman–Crippen LogP) is 3.63. The van der Waals surface area contributed by atoms with Crippen LogP contribution in [0, 0.1) is 6.92 Å². The van der Waals surface area contributed by atoms with Crippen LogP contribution in [-0.2, 0) is 26.2 Å². The van der Waals surface area contributed by atoms with E-state index >= 15 is 0 Å². The van der Waals surface area contributed by atoms with E-state index in [1.807, 2.05) is 37.3 Å². The van der Waals surface area contributed by atoms with Crippen molar-refractivity contribution in [1.29, 1.82) is 0 Å². The van der Waals surface area contributed by atoms with Gasteiger partial charge in [0.2, 0.25) is 11.8 Å². The Balaban J connectivity index is 1.51. The molecular weight excluding hydrogens is 450 g/mol. The number of sulfonamides is 1. The lowest BCUT2D eigenvalue weighted by atomic mass is 10.2. The quantitative estimate of drug-likeness (QED) is 0.537. The van der Waals surface area contributed by atoms with E-state index in [1.165, 1.54) is 12.1 Å². The van der Waals surface area contributed by atoms with Gasteiger partial charge in [-0.05, 0) is 60.9 Å². The van der Waals surface area contributed by atoms with Gasteiger partial charge in [0.1, 0.15) is 6.54 Å². The van der Waals surface area contributed by atoms with Crippen LogP contribution in [0.5, 0.6) is 0 Å². The van der Waals surface area contributed by atoms with Gasteiger partial charge >= 0.3 is 0 Å². The Bertz CT molecular complexity index is 1290. The molecule has 1 heterocycles. The monoisotopic (exact) mass is 477 g/mol. The summed E-state index contributed by atoms with van der Waals surface area (Å²) in [5, 5.41) is 2.82. The van der Waals surface area contributed by atoms with Crippen molar-refractivity contribution in [3.63, 3.8) is 0 Å². The second-order valence-corrected chi connectivity index (χ2v) is 10.1. The SMILES string of the molecule is Cc1cccc(N(CC(=O)NCc2cccc(N3CCCC3=O)c2)S(=O)(=O)c2ccccc2)c1. The summed E-state index contributed by atoms with van der Waals surface area (Å²) in [4.78, 5) is 26.8. The first-order valence-electron chi connectivity index (χ1n) is 11.1. The molecule has 4 rings (SSSR count). The number of anilines is 2. The number of carbonyl (C=O) groups is 2. The zero-order valence-corrected chi connectivity index (χ0v) is 19.8. The van der Waals surface area contributed by atoms with Crippen molar-refractivity contribution in [3.8, 4) is 0 Å². The topological polar surface area (TPSA) is 86.8 Å². The molecule has 1 fully saturated rings. The molecule has 0 radical (unpaired) electrons. The lowest BCUT2D eigenvalue weighted by Gasteiger charge is -2.24. The number of rotatable bonds is 8. The zero-order valence-electron chi connectivity index (χ0n) is 19.0. The maximum Gasteiger partial charge on any atom is 0.264 e. The first-order valence-corrected chi connectivity index (χ1v) is 12.6. The van der Waals surface area contributed by atoms with Gasteiger partial charge in [-0.15, -0.1) is 0 Å². The normalized spacial score (nSPS) is 13.7. The van der Waals surface area contributed by atoms with Crippen LogP contribution in [0.15, 0.2) is 83.8 Å². The van der Waals surface area contributed by atoms with Crippen LogP contribution in [0.25, 0.3) is 0 Å². The van der Waals surface area contributed by atoms with Crippen LogP contribution in [0.4, 0.5) is 11.4 Å². The molecule has 0 spiro atoms. The third-order valence-corrected chi connectivity index (χ3v) is 7.48. The molecule has 0 bridgehead atoms. The van der Waals surface area contributed by atoms with Gasteiger partial charge in [0.15, 0.2) is 0 Å². The fourth-order valence-electron chi connectivity index (χ4n) is 3.96. The van der Waals surface area contributed by atoms with Crippen LogP contribution in [0.1, 0.15) is 24.0 Å². The maximum absolute atomic E-state index is 13.4. The van der Waals surface area contributed by atoms with E-state index in [1.54, 1.807) is 41.3 Å². The Labute approximate surface area is 200 Å². The van der Waals surface area contributed by atoms with E-state index in [0.717, 1.165) is 27.5 Å². The molecule has 1 aliphatic rings. The van der Waals surface area contributed by atoms with Gasteiger partial charge < -0.3 is 10.2 Å². The van der Waals surface area contributed by atoms with Crippen molar-refractivity contribution in [2.75, 3.05) is 22.3 Å². The Morgan fingerprint density at radius 1 is 1.00 bits per heavy atom. The number of benzene rings is 3. The van der Waals surface area contributed by atoms with Gasteiger partial charge in [-0.2, -0.15) is 0 Å². The van der Waals surface area contributed by atoms with Crippen molar-refractivity contribution in [2.45, 2.75) is 31.2 Å². The zero-order chi connectivity index (χ0) is 24.1. The standard InChI is InChI=1S/C26H27N3O4S/c1-20-8-5-11-23(16-20)29(34(32,33)24-12-3-2-4-13-24)19-25(30)27-18-21-9-6-10-22(17-21)28-15-7-14-26(28)31/h2-6,8-13,16-17H,7,14-15,18-19H2,1H3,(H,27,30). The molecule has 1 aliphatic heterocycles. The molecule has 3 aromatic rings. The molecule has 8 heteroatoms. The molecule has 0 aliphatic carbocycles. The van der Waals surface area contributed by atoms with Crippen LogP contribution in [0.3, 0.4) is 0 Å². The van der Waals surface area contributed by atoms with Crippen molar-refractivity contribution in [2.24, 2.45) is 0 Å². The molecule has 2 amide bonds. The summed E-state index contributed by atoms with van der Waals surface area (Å²) in [6, 6.07) is 22.6. The summed E-state index contributed by atoms with van der Waals surface area (Å²) < 4.78 is 27.9. The van der Waals surface area contributed by atoms with Crippen LogP contribution < -0.4 is 14.5 Å². The summed E-state index contributed by atoms with van der Waals surface area (Å²) in [6.45, 7) is 2.43. The lowest BCUT2D eigenvalue weighted by Crippen LogP contribution is -2.40. The largest absolute Gasteiger partial charge is 0.350 e. The highest BCUT2D eigenvalue weighted by molar-refractivity contribution is 7.92. The summed E-state index contributed by atoms with van der Waals surface area (Å²) in [6.07, 6.45) is 1.39. The number of hydrogen-bond donors (Lipinski definition) is 1. The number of hydrogen-bond acceptors (Lipinski definition) is 4. The lowest BCUT2D eigenvalue weighted by molar-refractivity contribution is -0.120. The van der Waals surface area contributed by atoms with E-state index in [-0.39, 0.29) is 23.9 Å². The molecule has 1 N–H and O–H groups in total. The number of aryl methyl sites for hydroxylation is 1. The average molecular weight is 478 g/mol. The van der Waals surface area contributed by atoms with Crippen LogP contribution in [-0.4, -0.2) is 33.3 Å². The van der Waals surface area contributed by atoms with Crippen molar-refractivity contribution in [3.05, 3.63) is 90.0 Å². The Hall–Kier alpha value is -3.65. The average Bonchev–Trinajstić information content (AvgIpc) is 3.27. The first kappa shape index (κ1) is 23.5. The minimum Gasteiger partial charge on any atom is -0.350 e. The highest BCUT2D eigenvalue weighted by Crippen LogP contribution is 2.25. The second kappa shape index (κ2) is 10.1. The molecule has 0 atom stereocenters.